The lowest BCUT2D eigenvalue weighted by Crippen LogP contribution is -2.25. The van der Waals surface area contributed by atoms with E-state index in [4.69, 9.17) is 5.73 Å². The molecule has 17 heavy (non-hydrogen) atoms. The normalized spacial score (nSPS) is 11.9. The SMILES string of the molecule is CC(C)(CCN)CNc1csc2ccccc12. The number of rotatable bonds is 5. The van der Waals surface area contributed by atoms with Crippen LogP contribution >= 0.6 is 11.3 Å². The van der Waals surface area contributed by atoms with E-state index in [2.05, 4.69) is 48.8 Å². The molecule has 92 valence electrons. The van der Waals surface area contributed by atoms with Crippen LogP contribution in [0, 0.1) is 5.41 Å². The van der Waals surface area contributed by atoms with Crippen molar-refractivity contribution >= 4 is 27.1 Å². The first-order chi connectivity index (χ1) is 8.12. The Labute approximate surface area is 107 Å². The monoisotopic (exact) mass is 248 g/mol. The van der Waals surface area contributed by atoms with Gasteiger partial charge in [-0.2, -0.15) is 0 Å². The van der Waals surface area contributed by atoms with E-state index < -0.39 is 0 Å². The third kappa shape index (κ3) is 2.99. The highest BCUT2D eigenvalue weighted by Crippen LogP contribution is 2.31. The molecule has 1 heterocycles. The minimum Gasteiger partial charge on any atom is -0.383 e. The highest BCUT2D eigenvalue weighted by atomic mass is 32.1. The van der Waals surface area contributed by atoms with Crippen LogP contribution in [0.4, 0.5) is 5.69 Å². The summed E-state index contributed by atoms with van der Waals surface area (Å²) in [6.45, 7) is 6.22. The van der Waals surface area contributed by atoms with Crippen molar-refractivity contribution in [1.82, 2.24) is 0 Å². The summed E-state index contributed by atoms with van der Waals surface area (Å²) < 4.78 is 1.34. The number of nitrogens with two attached hydrogens (primary N) is 1. The molecule has 2 aromatic rings. The number of anilines is 1. The molecule has 3 heteroatoms. The summed E-state index contributed by atoms with van der Waals surface area (Å²) in [5, 5.41) is 7.07. The third-order valence-electron chi connectivity index (χ3n) is 3.06. The van der Waals surface area contributed by atoms with E-state index in [0.29, 0.717) is 0 Å². The fourth-order valence-electron chi connectivity index (χ4n) is 1.93. The fraction of sp³-hybridized carbons (Fsp3) is 0.429. The van der Waals surface area contributed by atoms with Gasteiger partial charge in [0, 0.05) is 22.0 Å². The molecule has 0 aliphatic heterocycles. The molecule has 3 N–H and O–H groups in total. The highest BCUT2D eigenvalue weighted by Gasteiger charge is 2.16. The van der Waals surface area contributed by atoms with Crippen molar-refractivity contribution in [2.75, 3.05) is 18.4 Å². The minimum atomic E-state index is 0.248. The highest BCUT2D eigenvalue weighted by molar-refractivity contribution is 7.17. The Morgan fingerprint density at radius 3 is 2.82 bits per heavy atom. The Balaban J connectivity index is 2.09. The summed E-state index contributed by atoms with van der Waals surface area (Å²) in [5.41, 5.74) is 7.12. The van der Waals surface area contributed by atoms with Gasteiger partial charge in [-0.15, -0.1) is 11.3 Å². The Morgan fingerprint density at radius 2 is 2.06 bits per heavy atom. The topological polar surface area (TPSA) is 38.0 Å². The summed E-state index contributed by atoms with van der Waals surface area (Å²) in [6, 6.07) is 8.51. The number of benzene rings is 1. The van der Waals surface area contributed by atoms with Crippen molar-refractivity contribution in [1.29, 1.82) is 0 Å². The van der Waals surface area contributed by atoms with Gasteiger partial charge in [0.15, 0.2) is 0 Å². The summed E-state index contributed by atoms with van der Waals surface area (Å²) in [4.78, 5) is 0. The summed E-state index contributed by atoms with van der Waals surface area (Å²) in [5.74, 6) is 0. The molecule has 0 saturated heterocycles. The standard InChI is InChI=1S/C14H20N2S/c1-14(2,7-8-15)10-16-12-9-17-13-6-4-3-5-11(12)13/h3-6,9,16H,7-8,10,15H2,1-2H3. The van der Waals surface area contributed by atoms with E-state index in [0.717, 1.165) is 19.5 Å². The Morgan fingerprint density at radius 1 is 1.29 bits per heavy atom. The van der Waals surface area contributed by atoms with Gasteiger partial charge < -0.3 is 11.1 Å². The van der Waals surface area contributed by atoms with Gasteiger partial charge in [0.25, 0.3) is 0 Å². The minimum absolute atomic E-state index is 0.248. The maximum atomic E-state index is 5.63. The Kier molecular flexibility index (Phi) is 3.69. The molecule has 0 spiro atoms. The number of hydrogen-bond donors (Lipinski definition) is 2. The first-order valence-corrected chi connectivity index (χ1v) is 6.90. The van der Waals surface area contributed by atoms with Gasteiger partial charge >= 0.3 is 0 Å². The molecule has 0 aliphatic carbocycles. The zero-order chi connectivity index (χ0) is 12.3. The zero-order valence-electron chi connectivity index (χ0n) is 10.5. The van der Waals surface area contributed by atoms with Crippen molar-refractivity contribution in [2.24, 2.45) is 11.1 Å². The van der Waals surface area contributed by atoms with Crippen LogP contribution in [-0.2, 0) is 0 Å². The molecule has 2 rings (SSSR count). The number of thiophene rings is 1. The molecule has 0 amide bonds. The van der Waals surface area contributed by atoms with Crippen molar-refractivity contribution in [3.63, 3.8) is 0 Å². The largest absolute Gasteiger partial charge is 0.383 e. The first kappa shape index (κ1) is 12.4. The van der Waals surface area contributed by atoms with Gasteiger partial charge in [-0.05, 0) is 24.4 Å². The van der Waals surface area contributed by atoms with Crippen LogP contribution in [-0.4, -0.2) is 13.1 Å². The van der Waals surface area contributed by atoms with E-state index in [1.54, 1.807) is 11.3 Å². The second kappa shape index (κ2) is 5.07. The van der Waals surface area contributed by atoms with E-state index in [1.165, 1.54) is 15.8 Å². The molecule has 0 radical (unpaired) electrons. The number of hydrogen-bond acceptors (Lipinski definition) is 3. The second-order valence-corrected chi connectivity index (χ2v) is 6.11. The molecule has 2 nitrogen and oxygen atoms in total. The van der Waals surface area contributed by atoms with Crippen LogP contribution < -0.4 is 11.1 Å². The van der Waals surface area contributed by atoms with Crippen LogP contribution in [0.3, 0.4) is 0 Å². The van der Waals surface area contributed by atoms with Crippen LogP contribution in [0.1, 0.15) is 20.3 Å². The van der Waals surface area contributed by atoms with Gasteiger partial charge in [0.2, 0.25) is 0 Å². The maximum Gasteiger partial charge on any atom is 0.0529 e. The third-order valence-corrected chi connectivity index (χ3v) is 4.02. The van der Waals surface area contributed by atoms with Gasteiger partial charge in [0.05, 0.1) is 5.69 Å². The molecule has 0 aliphatic rings. The smallest absolute Gasteiger partial charge is 0.0529 e. The van der Waals surface area contributed by atoms with E-state index >= 15 is 0 Å². The average molecular weight is 248 g/mol. The van der Waals surface area contributed by atoms with Crippen molar-refractivity contribution < 1.29 is 0 Å². The molecular weight excluding hydrogens is 228 g/mol. The van der Waals surface area contributed by atoms with Gasteiger partial charge in [-0.3, -0.25) is 0 Å². The first-order valence-electron chi connectivity index (χ1n) is 6.02. The molecule has 0 atom stereocenters. The van der Waals surface area contributed by atoms with E-state index in [-0.39, 0.29) is 5.41 Å². The summed E-state index contributed by atoms with van der Waals surface area (Å²) >= 11 is 1.79. The molecule has 1 aromatic carbocycles. The lowest BCUT2D eigenvalue weighted by Gasteiger charge is -2.24. The number of nitrogens with one attached hydrogen (secondary N) is 1. The van der Waals surface area contributed by atoms with Gasteiger partial charge in [-0.1, -0.05) is 32.0 Å². The predicted molar refractivity (Wildman–Crippen MR) is 77.8 cm³/mol. The van der Waals surface area contributed by atoms with Crippen LogP contribution in [0.2, 0.25) is 0 Å². The Bertz CT molecular complexity index is 488. The van der Waals surface area contributed by atoms with Gasteiger partial charge in [0.1, 0.15) is 0 Å². The molecule has 1 aromatic heterocycles. The van der Waals surface area contributed by atoms with Crippen LogP contribution in [0.5, 0.6) is 0 Å². The average Bonchev–Trinajstić information content (AvgIpc) is 2.70. The maximum absolute atomic E-state index is 5.63. The van der Waals surface area contributed by atoms with E-state index in [9.17, 15) is 0 Å². The van der Waals surface area contributed by atoms with E-state index in [1.807, 2.05) is 0 Å². The second-order valence-electron chi connectivity index (χ2n) is 5.20. The Hall–Kier alpha value is -1.06. The summed E-state index contributed by atoms with van der Waals surface area (Å²) in [6.07, 6.45) is 1.04. The lowest BCUT2D eigenvalue weighted by atomic mass is 9.89. The van der Waals surface area contributed by atoms with Crippen molar-refractivity contribution in [2.45, 2.75) is 20.3 Å². The van der Waals surface area contributed by atoms with Crippen LogP contribution in [0.25, 0.3) is 10.1 Å². The molecule has 0 bridgehead atoms. The fourth-order valence-corrected chi connectivity index (χ4v) is 2.85. The summed E-state index contributed by atoms with van der Waals surface area (Å²) in [7, 11) is 0. The van der Waals surface area contributed by atoms with Crippen molar-refractivity contribution in [3.8, 4) is 0 Å². The zero-order valence-corrected chi connectivity index (χ0v) is 11.3. The lowest BCUT2D eigenvalue weighted by molar-refractivity contribution is 0.365. The molecular formula is C14H20N2S. The quantitative estimate of drug-likeness (QED) is 0.847. The molecule has 0 fully saturated rings. The van der Waals surface area contributed by atoms with Gasteiger partial charge in [-0.25, -0.2) is 0 Å². The number of fused-ring (bicyclic) bond motifs is 1. The molecule has 0 saturated carbocycles. The predicted octanol–water partition coefficient (Wildman–Crippen LogP) is 3.69. The van der Waals surface area contributed by atoms with Crippen LogP contribution in [0.15, 0.2) is 29.6 Å². The molecule has 0 unspecified atom stereocenters. The van der Waals surface area contributed by atoms with Crippen molar-refractivity contribution in [3.05, 3.63) is 29.6 Å².